The van der Waals surface area contributed by atoms with Crippen LogP contribution in [0.3, 0.4) is 0 Å². The number of piperazine rings is 1. The van der Waals surface area contributed by atoms with Gasteiger partial charge < -0.3 is 9.88 Å². The third kappa shape index (κ3) is 2.41. The van der Waals surface area contributed by atoms with Gasteiger partial charge in [0.2, 0.25) is 0 Å². The monoisotopic (exact) mass is 296 g/mol. The Balaban J connectivity index is 1.54. The number of nitrogens with zero attached hydrogens (tertiary/aromatic N) is 3. The average molecular weight is 296 g/mol. The Bertz CT molecular complexity index is 667. The molecule has 114 valence electrons. The van der Waals surface area contributed by atoms with Gasteiger partial charge >= 0.3 is 0 Å². The van der Waals surface area contributed by atoms with Gasteiger partial charge in [-0.05, 0) is 31.5 Å². The van der Waals surface area contributed by atoms with Crippen LogP contribution in [0.2, 0.25) is 0 Å². The van der Waals surface area contributed by atoms with Crippen LogP contribution < -0.4 is 0 Å². The minimum atomic E-state index is 0.146. The maximum absolute atomic E-state index is 12.8. The summed E-state index contributed by atoms with van der Waals surface area (Å²) < 4.78 is 0. The number of H-pyrrole nitrogens is 1. The van der Waals surface area contributed by atoms with Crippen molar-refractivity contribution < 1.29 is 4.79 Å². The molecule has 1 aromatic heterocycles. The first-order chi connectivity index (χ1) is 10.8. The van der Waals surface area contributed by atoms with Gasteiger partial charge in [0.25, 0.3) is 5.91 Å². The van der Waals surface area contributed by atoms with Gasteiger partial charge in [-0.3, -0.25) is 9.69 Å². The first kappa shape index (κ1) is 13.5. The van der Waals surface area contributed by atoms with Crippen LogP contribution in [0.1, 0.15) is 23.2 Å². The summed E-state index contributed by atoms with van der Waals surface area (Å²) in [6, 6.07) is 8.36. The van der Waals surface area contributed by atoms with E-state index in [1.165, 1.54) is 19.4 Å². The second-order valence-corrected chi connectivity index (χ2v) is 6.13. The van der Waals surface area contributed by atoms with Crippen molar-refractivity contribution in [1.29, 1.82) is 0 Å². The van der Waals surface area contributed by atoms with E-state index in [1.807, 2.05) is 29.2 Å². The lowest BCUT2D eigenvalue weighted by atomic mass is 10.1. The predicted molar refractivity (Wildman–Crippen MR) is 84.5 cm³/mol. The molecule has 0 bridgehead atoms. The number of hydrogen-bond acceptors (Lipinski definition) is 3. The zero-order valence-electron chi connectivity index (χ0n) is 12.5. The molecule has 1 aromatic carbocycles. The van der Waals surface area contributed by atoms with Crippen molar-refractivity contribution in [3.05, 3.63) is 42.4 Å². The van der Waals surface area contributed by atoms with Crippen molar-refractivity contribution in [1.82, 2.24) is 19.8 Å². The molecule has 0 spiro atoms. The molecule has 1 unspecified atom stereocenters. The van der Waals surface area contributed by atoms with Crippen molar-refractivity contribution >= 4 is 5.91 Å². The summed E-state index contributed by atoms with van der Waals surface area (Å²) in [5, 5.41) is 0. The summed E-state index contributed by atoms with van der Waals surface area (Å²) in [7, 11) is 0. The van der Waals surface area contributed by atoms with Gasteiger partial charge in [-0.15, -0.1) is 0 Å². The maximum atomic E-state index is 12.8. The molecule has 22 heavy (non-hydrogen) atoms. The maximum Gasteiger partial charge on any atom is 0.253 e. The Labute approximate surface area is 130 Å². The molecular formula is C17H20N4O. The summed E-state index contributed by atoms with van der Waals surface area (Å²) in [5.74, 6) is 0.146. The lowest BCUT2D eigenvalue weighted by Gasteiger charge is -2.37. The van der Waals surface area contributed by atoms with Gasteiger partial charge in [-0.2, -0.15) is 0 Å². The highest BCUT2D eigenvalue weighted by Gasteiger charge is 2.32. The van der Waals surface area contributed by atoms with Gasteiger partial charge in [0.15, 0.2) is 0 Å². The van der Waals surface area contributed by atoms with Gasteiger partial charge in [0.05, 0.1) is 18.2 Å². The molecule has 2 fully saturated rings. The molecule has 0 saturated carbocycles. The normalized spacial score (nSPS) is 21.8. The Morgan fingerprint density at radius 3 is 3.09 bits per heavy atom. The molecule has 1 amide bonds. The smallest absolute Gasteiger partial charge is 0.253 e. The topological polar surface area (TPSA) is 52.2 Å². The highest BCUT2D eigenvalue weighted by Crippen LogP contribution is 2.23. The Morgan fingerprint density at radius 2 is 2.23 bits per heavy atom. The molecule has 5 nitrogen and oxygen atoms in total. The fourth-order valence-electron chi connectivity index (χ4n) is 3.59. The van der Waals surface area contributed by atoms with Crippen LogP contribution in [-0.4, -0.2) is 57.9 Å². The van der Waals surface area contributed by atoms with E-state index in [2.05, 4.69) is 14.9 Å². The van der Waals surface area contributed by atoms with Crippen LogP contribution in [0.25, 0.3) is 11.3 Å². The number of imidazole rings is 1. The van der Waals surface area contributed by atoms with Gasteiger partial charge in [-0.25, -0.2) is 4.98 Å². The summed E-state index contributed by atoms with van der Waals surface area (Å²) in [6.07, 6.45) is 5.92. The molecule has 2 aliphatic rings. The van der Waals surface area contributed by atoms with Crippen molar-refractivity contribution in [3.8, 4) is 11.3 Å². The van der Waals surface area contributed by atoms with E-state index in [0.717, 1.165) is 36.5 Å². The largest absolute Gasteiger partial charge is 0.345 e. The van der Waals surface area contributed by atoms with E-state index in [0.29, 0.717) is 6.04 Å². The summed E-state index contributed by atoms with van der Waals surface area (Å²) in [4.78, 5) is 24.5. The number of hydrogen-bond donors (Lipinski definition) is 1. The predicted octanol–water partition coefficient (Wildman–Crippen LogP) is 2.00. The van der Waals surface area contributed by atoms with Gasteiger partial charge in [0.1, 0.15) is 0 Å². The third-order valence-corrected chi connectivity index (χ3v) is 4.79. The van der Waals surface area contributed by atoms with Crippen LogP contribution >= 0.6 is 0 Å². The standard InChI is InChI=1S/C17H20N4O/c22-17(21-8-7-20-6-2-5-15(20)11-21)14-4-1-3-13(9-14)16-10-18-12-19-16/h1,3-4,9-10,12,15H,2,5-8,11H2,(H,18,19). The molecule has 4 rings (SSSR count). The van der Waals surface area contributed by atoms with Gasteiger partial charge in [-0.1, -0.05) is 12.1 Å². The number of carbonyl (C=O) groups excluding carboxylic acids is 1. The first-order valence-electron chi connectivity index (χ1n) is 7.93. The Kier molecular flexibility index (Phi) is 3.42. The van der Waals surface area contributed by atoms with Gasteiger partial charge in [0, 0.05) is 36.8 Å². The Hall–Kier alpha value is -2.14. The molecule has 2 aromatic rings. The number of rotatable bonds is 2. The SMILES string of the molecule is O=C(c1cccc(-c2cnc[nH]2)c1)N1CCN2CCCC2C1. The molecule has 0 aliphatic carbocycles. The highest BCUT2D eigenvalue weighted by atomic mass is 16.2. The second kappa shape index (κ2) is 5.57. The molecule has 2 aliphatic heterocycles. The van der Waals surface area contributed by atoms with E-state index in [-0.39, 0.29) is 5.91 Å². The van der Waals surface area contributed by atoms with Crippen molar-refractivity contribution in [2.45, 2.75) is 18.9 Å². The summed E-state index contributed by atoms with van der Waals surface area (Å²) >= 11 is 0. The molecular weight excluding hydrogens is 276 g/mol. The molecule has 1 N–H and O–H groups in total. The fourth-order valence-corrected chi connectivity index (χ4v) is 3.59. The van der Waals surface area contributed by atoms with E-state index in [1.54, 1.807) is 12.5 Å². The summed E-state index contributed by atoms with van der Waals surface area (Å²) in [5.41, 5.74) is 2.71. The van der Waals surface area contributed by atoms with Crippen LogP contribution in [0, 0.1) is 0 Å². The molecule has 2 saturated heterocycles. The van der Waals surface area contributed by atoms with Crippen LogP contribution in [-0.2, 0) is 0 Å². The molecule has 0 radical (unpaired) electrons. The molecule has 3 heterocycles. The minimum Gasteiger partial charge on any atom is -0.345 e. The zero-order chi connectivity index (χ0) is 14.9. The number of nitrogens with one attached hydrogen (secondary N) is 1. The van der Waals surface area contributed by atoms with E-state index in [9.17, 15) is 4.79 Å². The third-order valence-electron chi connectivity index (χ3n) is 4.79. The van der Waals surface area contributed by atoms with Crippen molar-refractivity contribution in [3.63, 3.8) is 0 Å². The number of aromatic nitrogens is 2. The van der Waals surface area contributed by atoms with Crippen LogP contribution in [0.4, 0.5) is 0 Å². The quantitative estimate of drug-likeness (QED) is 0.922. The van der Waals surface area contributed by atoms with Crippen molar-refractivity contribution in [2.75, 3.05) is 26.2 Å². The van der Waals surface area contributed by atoms with E-state index >= 15 is 0 Å². The van der Waals surface area contributed by atoms with Crippen molar-refractivity contribution in [2.24, 2.45) is 0 Å². The number of benzene rings is 1. The minimum absolute atomic E-state index is 0.146. The van der Waals surface area contributed by atoms with E-state index < -0.39 is 0 Å². The second-order valence-electron chi connectivity index (χ2n) is 6.13. The van der Waals surface area contributed by atoms with Crippen LogP contribution in [0.15, 0.2) is 36.8 Å². The first-order valence-corrected chi connectivity index (χ1v) is 7.93. The van der Waals surface area contributed by atoms with Crippen LogP contribution in [0.5, 0.6) is 0 Å². The molecule has 1 atom stereocenters. The number of fused-ring (bicyclic) bond motifs is 1. The average Bonchev–Trinajstić information content (AvgIpc) is 3.25. The lowest BCUT2D eigenvalue weighted by molar-refractivity contribution is 0.0571. The number of aromatic amines is 1. The fraction of sp³-hybridized carbons (Fsp3) is 0.412. The Morgan fingerprint density at radius 1 is 1.27 bits per heavy atom. The number of amides is 1. The number of carbonyl (C=O) groups is 1. The van der Waals surface area contributed by atoms with E-state index in [4.69, 9.17) is 0 Å². The lowest BCUT2D eigenvalue weighted by Crippen LogP contribution is -2.52. The molecule has 5 heteroatoms. The summed E-state index contributed by atoms with van der Waals surface area (Å²) in [6.45, 7) is 3.91. The highest BCUT2D eigenvalue weighted by molar-refractivity contribution is 5.95. The zero-order valence-corrected chi connectivity index (χ0v) is 12.5.